The number of rotatable bonds is 11. The molecule has 4 nitrogen and oxygen atoms in total. The van der Waals surface area contributed by atoms with Gasteiger partial charge in [-0.05, 0) is 54.7 Å². The Morgan fingerprint density at radius 1 is 0.939 bits per heavy atom. The molecule has 178 valence electrons. The number of nitrogens with one attached hydrogen (secondary N) is 1. The molecule has 2 aromatic carbocycles. The second-order valence-electron chi connectivity index (χ2n) is 9.63. The van der Waals surface area contributed by atoms with Crippen molar-refractivity contribution in [3.8, 4) is 0 Å². The molecule has 0 aliphatic heterocycles. The highest BCUT2D eigenvalue weighted by Crippen LogP contribution is 2.20. The average Bonchev–Trinajstić information content (AvgIpc) is 3.34. The first-order valence-electron chi connectivity index (χ1n) is 12.7. The van der Waals surface area contributed by atoms with Crippen molar-refractivity contribution in [2.45, 2.75) is 90.1 Å². The minimum atomic E-state index is -0.412. The molecule has 0 aromatic heterocycles. The molecule has 33 heavy (non-hydrogen) atoms. The Morgan fingerprint density at radius 3 is 2.18 bits per heavy atom. The zero-order valence-corrected chi connectivity index (χ0v) is 20.6. The average molecular weight is 449 g/mol. The van der Waals surface area contributed by atoms with Crippen molar-refractivity contribution in [1.29, 1.82) is 0 Å². The summed E-state index contributed by atoms with van der Waals surface area (Å²) in [6.07, 6.45) is 6.94. The molecule has 4 heteroatoms. The Morgan fingerprint density at radius 2 is 1.58 bits per heavy atom. The van der Waals surface area contributed by atoms with Crippen LogP contribution in [0.25, 0.3) is 0 Å². The van der Waals surface area contributed by atoms with E-state index < -0.39 is 6.04 Å². The van der Waals surface area contributed by atoms with Crippen LogP contribution < -0.4 is 5.32 Å². The molecule has 0 spiro atoms. The standard InChI is InChI=1S/C29H40N2O2/c1-4-27(29(33)30-26-12-8-9-13-26)31(21-20-23-10-6-5-7-11-23)28(32)19-16-24-14-17-25(18-15-24)22(2)3/h5-7,10-11,14-15,17-18,22,26-27H,4,8-9,12-13,16,19-21H2,1-3H3,(H,30,33). The van der Waals surface area contributed by atoms with Gasteiger partial charge < -0.3 is 10.2 Å². The number of nitrogens with zero attached hydrogens (tertiary/aromatic N) is 1. The van der Waals surface area contributed by atoms with Crippen LogP contribution in [0.2, 0.25) is 0 Å². The Labute approximate surface area is 199 Å². The van der Waals surface area contributed by atoms with Gasteiger partial charge in [0.25, 0.3) is 0 Å². The lowest BCUT2D eigenvalue weighted by Gasteiger charge is -2.31. The van der Waals surface area contributed by atoms with Crippen molar-refractivity contribution < 1.29 is 9.59 Å². The summed E-state index contributed by atoms with van der Waals surface area (Å²) >= 11 is 0. The van der Waals surface area contributed by atoms with Crippen LogP contribution in [0.4, 0.5) is 0 Å². The first kappa shape index (κ1) is 25.0. The number of carbonyl (C=O) groups excluding carboxylic acids is 2. The fourth-order valence-corrected chi connectivity index (χ4v) is 4.73. The number of benzene rings is 2. The van der Waals surface area contributed by atoms with Gasteiger partial charge >= 0.3 is 0 Å². The summed E-state index contributed by atoms with van der Waals surface area (Å²) in [6.45, 7) is 6.94. The summed E-state index contributed by atoms with van der Waals surface area (Å²) in [5.74, 6) is 0.567. The van der Waals surface area contributed by atoms with E-state index in [1.807, 2.05) is 30.0 Å². The van der Waals surface area contributed by atoms with Gasteiger partial charge in [0, 0.05) is 19.0 Å². The highest BCUT2D eigenvalue weighted by Gasteiger charge is 2.30. The molecule has 2 aromatic rings. The van der Waals surface area contributed by atoms with Crippen molar-refractivity contribution in [2.75, 3.05) is 6.54 Å². The summed E-state index contributed by atoms with van der Waals surface area (Å²) in [5.41, 5.74) is 3.66. The molecule has 1 saturated carbocycles. The van der Waals surface area contributed by atoms with E-state index in [1.54, 1.807) is 0 Å². The molecule has 1 aliphatic carbocycles. The molecule has 0 bridgehead atoms. The van der Waals surface area contributed by atoms with Gasteiger partial charge in [-0.2, -0.15) is 0 Å². The van der Waals surface area contributed by atoms with Crippen molar-refractivity contribution in [2.24, 2.45) is 0 Å². The van der Waals surface area contributed by atoms with Crippen LogP contribution >= 0.6 is 0 Å². The lowest BCUT2D eigenvalue weighted by Crippen LogP contribution is -2.51. The van der Waals surface area contributed by atoms with Crippen molar-refractivity contribution >= 4 is 11.8 Å². The lowest BCUT2D eigenvalue weighted by molar-refractivity contribution is -0.141. The van der Waals surface area contributed by atoms with Gasteiger partial charge in [0.1, 0.15) is 6.04 Å². The van der Waals surface area contributed by atoms with Gasteiger partial charge in [-0.1, -0.05) is 88.2 Å². The number of amides is 2. The van der Waals surface area contributed by atoms with Gasteiger partial charge in [0.2, 0.25) is 11.8 Å². The molecule has 2 amide bonds. The molecule has 1 aliphatic rings. The summed E-state index contributed by atoms with van der Waals surface area (Å²) in [5, 5.41) is 3.22. The maximum Gasteiger partial charge on any atom is 0.243 e. The summed E-state index contributed by atoms with van der Waals surface area (Å²) < 4.78 is 0. The Kier molecular flexibility index (Phi) is 9.53. The van der Waals surface area contributed by atoms with Gasteiger partial charge in [0.15, 0.2) is 0 Å². The fourth-order valence-electron chi connectivity index (χ4n) is 4.73. The summed E-state index contributed by atoms with van der Waals surface area (Å²) in [4.78, 5) is 28.4. The van der Waals surface area contributed by atoms with Crippen molar-refractivity contribution in [1.82, 2.24) is 10.2 Å². The fraction of sp³-hybridized carbons (Fsp3) is 0.517. The number of hydrogen-bond donors (Lipinski definition) is 1. The SMILES string of the molecule is CCC(C(=O)NC1CCCC1)N(CCc1ccccc1)C(=O)CCc1ccc(C(C)C)cc1. The third-order valence-corrected chi connectivity index (χ3v) is 6.85. The van der Waals surface area contributed by atoms with Crippen LogP contribution in [-0.4, -0.2) is 35.3 Å². The number of hydrogen-bond acceptors (Lipinski definition) is 2. The first-order chi connectivity index (χ1) is 16.0. The van der Waals surface area contributed by atoms with E-state index >= 15 is 0 Å². The van der Waals surface area contributed by atoms with Crippen molar-refractivity contribution in [3.05, 3.63) is 71.3 Å². The zero-order valence-electron chi connectivity index (χ0n) is 20.6. The quantitative estimate of drug-likeness (QED) is 0.483. The Hall–Kier alpha value is -2.62. The third-order valence-electron chi connectivity index (χ3n) is 6.85. The van der Waals surface area contributed by atoms with Crippen LogP contribution in [0, 0.1) is 0 Å². The largest absolute Gasteiger partial charge is 0.352 e. The van der Waals surface area contributed by atoms with Gasteiger partial charge in [-0.25, -0.2) is 0 Å². The molecule has 1 unspecified atom stereocenters. The van der Waals surface area contributed by atoms with E-state index in [0.29, 0.717) is 31.7 Å². The van der Waals surface area contributed by atoms with Crippen LogP contribution in [0.3, 0.4) is 0 Å². The highest BCUT2D eigenvalue weighted by atomic mass is 16.2. The minimum absolute atomic E-state index is 0.00657. The van der Waals surface area contributed by atoms with Crippen LogP contribution in [0.15, 0.2) is 54.6 Å². The molecule has 1 N–H and O–H groups in total. The van der Waals surface area contributed by atoms with E-state index in [-0.39, 0.29) is 17.9 Å². The molecule has 0 saturated heterocycles. The molecule has 0 heterocycles. The Balaban J connectivity index is 1.68. The molecule has 3 rings (SSSR count). The van der Waals surface area contributed by atoms with E-state index in [2.05, 4.69) is 55.6 Å². The van der Waals surface area contributed by atoms with Crippen LogP contribution in [0.5, 0.6) is 0 Å². The van der Waals surface area contributed by atoms with Crippen LogP contribution in [0.1, 0.15) is 81.9 Å². The van der Waals surface area contributed by atoms with Gasteiger partial charge in [0.05, 0.1) is 0 Å². The van der Waals surface area contributed by atoms with Crippen molar-refractivity contribution in [3.63, 3.8) is 0 Å². The molecule has 1 atom stereocenters. The smallest absolute Gasteiger partial charge is 0.243 e. The first-order valence-corrected chi connectivity index (χ1v) is 12.7. The summed E-state index contributed by atoms with van der Waals surface area (Å²) in [6, 6.07) is 18.6. The number of carbonyl (C=O) groups is 2. The predicted molar refractivity (Wildman–Crippen MR) is 135 cm³/mol. The second kappa shape index (κ2) is 12.6. The third kappa shape index (κ3) is 7.45. The zero-order chi connectivity index (χ0) is 23.6. The van der Waals surface area contributed by atoms with Gasteiger partial charge in [-0.3, -0.25) is 9.59 Å². The maximum absolute atomic E-state index is 13.4. The van der Waals surface area contributed by atoms with E-state index in [9.17, 15) is 9.59 Å². The van der Waals surface area contributed by atoms with E-state index in [1.165, 1.54) is 29.5 Å². The molecule has 0 radical (unpaired) electrons. The molecule has 1 fully saturated rings. The topological polar surface area (TPSA) is 49.4 Å². The highest BCUT2D eigenvalue weighted by molar-refractivity contribution is 5.88. The molecular formula is C29H40N2O2. The maximum atomic E-state index is 13.4. The normalized spacial score (nSPS) is 14.9. The second-order valence-corrected chi connectivity index (χ2v) is 9.63. The molecular weight excluding hydrogens is 408 g/mol. The minimum Gasteiger partial charge on any atom is -0.352 e. The Bertz CT molecular complexity index is 870. The number of aryl methyl sites for hydroxylation is 1. The lowest BCUT2D eigenvalue weighted by atomic mass is 10.00. The summed E-state index contributed by atoms with van der Waals surface area (Å²) in [7, 11) is 0. The predicted octanol–water partition coefficient (Wildman–Crippen LogP) is 5.65. The monoisotopic (exact) mass is 448 g/mol. The van der Waals surface area contributed by atoms with E-state index in [4.69, 9.17) is 0 Å². The van der Waals surface area contributed by atoms with E-state index in [0.717, 1.165) is 19.3 Å². The van der Waals surface area contributed by atoms with Gasteiger partial charge in [-0.15, -0.1) is 0 Å². The van der Waals surface area contributed by atoms with Crippen LogP contribution in [-0.2, 0) is 22.4 Å².